The highest BCUT2D eigenvalue weighted by Gasteiger charge is 2.33. The van der Waals surface area contributed by atoms with Gasteiger partial charge in [0.1, 0.15) is 5.82 Å². The van der Waals surface area contributed by atoms with E-state index >= 15 is 0 Å². The van der Waals surface area contributed by atoms with Crippen LogP contribution < -0.4 is 0 Å². The molecule has 4 rings (SSSR count). The third kappa shape index (κ3) is 2.83. The van der Waals surface area contributed by atoms with Crippen LogP contribution in [0.15, 0.2) is 24.3 Å². The minimum absolute atomic E-state index is 0.0118. The van der Waals surface area contributed by atoms with Gasteiger partial charge in [0, 0.05) is 42.3 Å². The molecule has 2 unspecified atom stereocenters. The van der Waals surface area contributed by atoms with E-state index in [-0.39, 0.29) is 23.9 Å². The molecule has 128 valence electrons. The Labute approximate surface area is 144 Å². The Morgan fingerprint density at radius 2 is 2.00 bits per heavy atom. The van der Waals surface area contributed by atoms with Crippen molar-refractivity contribution in [2.24, 2.45) is 0 Å². The maximum absolute atomic E-state index is 13.8. The zero-order valence-electron chi connectivity index (χ0n) is 13.4. The van der Waals surface area contributed by atoms with Gasteiger partial charge in [0.2, 0.25) is 0 Å². The molecule has 1 aromatic heterocycles. The highest BCUT2D eigenvalue weighted by atomic mass is 32.1. The van der Waals surface area contributed by atoms with E-state index in [1.54, 1.807) is 12.1 Å². The van der Waals surface area contributed by atoms with Crippen LogP contribution in [0.4, 0.5) is 4.39 Å². The lowest BCUT2D eigenvalue weighted by atomic mass is 10.1. The Kier molecular flexibility index (Phi) is 4.28. The van der Waals surface area contributed by atoms with Crippen molar-refractivity contribution >= 4 is 27.3 Å². The van der Waals surface area contributed by atoms with Crippen LogP contribution >= 0.6 is 11.3 Å². The standard InChI is InChI=1S/C18H21FN2O2S/c19-13-3-1-6-16-12(13)11-17(24-16)18(23)21-9-7-20(8-10-21)14-4-2-5-15(14)22/h1,3,6,11,14-15,22H,2,4-5,7-10H2. The highest BCUT2D eigenvalue weighted by Crippen LogP contribution is 2.29. The molecular weight excluding hydrogens is 327 g/mol. The fourth-order valence-electron chi connectivity index (χ4n) is 3.89. The van der Waals surface area contributed by atoms with Crippen molar-refractivity contribution in [3.05, 3.63) is 35.0 Å². The van der Waals surface area contributed by atoms with E-state index in [0.29, 0.717) is 23.4 Å². The largest absolute Gasteiger partial charge is 0.391 e. The van der Waals surface area contributed by atoms with Gasteiger partial charge in [-0.1, -0.05) is 6.07 Å². The van der Waals surface area contributed by atoms with Crippen LogP contribution in [0.2, 0.25) is 0 Å². The van der Waals surface area contributed by atoms with Crippen LogP contribution in [0.1, 0.15) is 28.9 Å². The molecular formula is C18H21FN2O2S. The topological polar surface area (TPSA) is 43.8 Å². The zero-order chi connectivity index (χ0) is 16.7. The van der Waals surface area contributed by atoms with Crippen molar-refractivity contribution in [3.8, 4) is 0 Å². The van der Waals surface area contributed by atoms with Crippen molar-refractivity contribution in [1.82, 2.24) is 9.80 Å². The number of nitrogens with zero attached hydrogens (tertiary/aromatic N) is 2. The van der Waals surface area contributed by atoms with Gasteiger partial charge >= 0.3 is 0 Å². The summed E-state index contributed by atoms with van der Waals surface area (Å²) in [5.41, 5.74) is 0. The summed E-state index contributed by atoms with van der Waals surface area (Å²) in [6.45, 7) is 2.93. The molecule has 0 bridgehead atoms. The van der Waals surface area contributed by atoms with Crippen LogP contribution in [0.5, 0.6) is 0 Å². The van der Waals surface area contributed by atoms with Crippen LogP contribution in [0.3, 0.4) is 0 Å². The number of amides is 1. The lowest BCUT2D eigenvalue weighted by molar-refractivity contribution is 0.0318. The van der Waals surface area contributed by atoms with Gasteiger partial charge in [-0.25, -0.2) is 4.39 Å². The minimum atomic E-state index is -0.275. The predicted octanol–water partition coefficient (Wildman–Crippen LogP) is 2.71. The molecule has 1 aliphatic heterocycles. The average Bonchev–Trinajstić information content (AvgIpc) is 3.21. The van der Waals surface area contributed by atoms with E-state index in [9.17, 15) is 14.3 Å². The van der Waals surface area contributed by atoms with E-state index in [1.165, 1.54) is 17.4 Å². The first-order valence-electron chi connectivity index (χ1n) is 8.53. The number of benzene rings is 1. The first-order valence-corrected chi connectivity index (χ1v) is 9.34. The van der Waals surface area contributed by atoms with Gasteiger partial charge in [0.05, 0.1) is 11.0 Å². The van der Waals surface area contributed by atoms with E-state index < -0.39 is 0 Å². The first kappa shape index (κ1) is 16.0. The summed E-state index contributed by atoms with van der Waals surface area (Å²) in [7, 11) is 0. The molecule has 2 atom stereocenters. The minimum Gasteiger partial charge on any atom is -0.391 e. The second kappa shape index (κ2) is 6.43. The number of aliphatic hydroxyl groups excluding tert-OH is 1. The number of halogens is 1. The summed E-state index contributed by atoms with van der Waals surface area (Å²) in [6, 6.07) is 6.87. The van der Waals surface area contributed by atoms with Gasteiger partial charge in [0.25, 0.3) is 5.91 Å². The van der Waals surface area contributed by atoms with Gasteiger partial charge in [-0.2, -0.15) is 0 Å². The van der Waals surface area contributed by atoms with Gasteiger partial charge in [-0.15, -0.1) is 11.3 Å². The van der Waals surface area contributed by atoms with Crippen molar-refractivity contribution in [1.29, 1.82) is 0 Å². The lowest BCUT2D eigenvalue weighted by Crippen LogP contribution is -2.53. The summed E-state index contributed by atoms with van der Waals surface area (Å²) in [4.78, 5) is 17.5. The molecule has 24 heavy (non-hydrogen) atoms. The smallest absolute Gasteiger partial charge is 0.264 e. The maximum atomic E-state index is 13.8. The summed E-state index contributed by atoms with van der Waals surface area (Å²) >= 11 is 1.35. The van der Waals surface area contributed by atoms with E-state index in [4.69, 9.17) is 0 Å². The molecule has 1 amide bonds. The summed E-state index contributed by atoms with van der Waals surface area (Å²) < 4.78 is 14.6. The molecule has 1 saturated carbocycles. The quantitative estimate of drug-likeness (QED) is 0.908. The lowest BCUT2D eigenvalue weighted by Gasteiger charge is -2.38. The molecule has 1 aliphatic carbocycles. The number of hydrogen-bond acceptors (Lipinski definition) is 4. The van der Waals surface area contributed by atoms with Gasteiger partial charge < -0.3 is 10.0 Å². The Hall–Kier alpha value is -1.50. The molecule has 0 spiro atoms. The molecule has 2 aliphatic rings. The number of carbonyl (C=O) groups excluding carboxylic acids is 1. The number of fused-ring (bicyclic) bond motifs is 1. The Balaban J connectivity index is 1.44. The normalized spacial score (nSPS) is 25.5. The highest BCUT2D eigenvalue weighted by molar-refractivity contribution is 7.20. The van der Waals surface area contributed by atoms with Crippen LogP contribution in [0, 0.1) is 5.82 Å². The van der Waals surface area contributed by atoms with Crippen LogP contribution in [-0.4, -0.2) is 59.1 Å². The van der Waals surface area contributed by atoms with E-state index in [0.717, 1.165) is 37.1 Å². The van der Waals surface area contributed by atoms with Crippen molar-refractivity contribution < 1.29 is 14.3 Å². The van der Waals surface area contributed by atoms with Crippen molar-refractivity contribution in [2.45, 2.75) is 31.4 Å². The number of thiophene rings is 1. The molecule has 6 heteroatoms. The molecule has 1 aromatic carbocycles. The fourth-order valence-corrected chi connectivity index (χ4v) is 4.93. The number of piperazine rings is 1. The molecule has 4 nitrogen and oxygen atoms in total. The SMILES string of the molecule is O=C(c1cc2c(F)cccc2s1)N1CCN(C2CCCC2O)CC1. The fraction of sp³-hybridized carbons (Fsp3) is 0.500. The first-order chi connectivity index (χ1) is 11.6. The Bertz CT molecular complexity index is 755. The van der Waals surface area contributed by atoms with Crippen molar-refractivity contribution in [3.63, 3.8) is 0 Å². The second-order valence-electron chi connectivity index (χ2n) is 6.66. The monoisotopic (exact) mass is 348 g/mol. The van der Waals surface area contributed by atoms with Gasteiger partial charge in [0.15, 0.2) is 0 Å². The number of hydrogen-bond donors (Lipinski definition) is 1. The second-order valence-corrected chi connectivity index (χ2v) is 7.74. The molecule has 2 fully saturated rings. The summed E-state index contributed by atoms with van der Waals surface area (Å²) in [5, 5.41) is 10.6. The molecule has 1 N–H and O–H groups in total. The van der Waals surface area contributed by atoms with Gasteiger partial charge in [-0.05, 0) is 37.5 Å². The Morgan fingerprint density at radius 1 is 1.21 bits per heavy atom. The molecule has 2 aromatic rings. The summed E-state index contributed by atoms with van der Waals surface area (Å²) in [5.74, 6) is -0.287. The molecule has 1 saturated heterocycles. The third-order valence-electron chi connectivity index (χ3n) is 5.23. The van der Waals surface area contributed by atoms with E-state index in [1.807, 2.05) is 11.0 Å². The average molecular weight is 348 g/mol. The third-order valence-corrected chi connectivity index (χ3v) is 6.32. The number of aliphatic hydroxyl groups is 1. The van der Waals surface area contributed by atoms with Crippen molar-refractivity contribution in [2.75, 3.05) is 26.2 Å². The van der Waals surface area contributed by atoms with Gasteiger partial charge in [-0.3, -0.25) is 9.69 Å². The van der Waals surface area contributed by atoms with Crippen LogP contribution in [-0.2, 0) is 0 Å². The maximum Gasteiger partial charge on any atom is 0.264 e. The predicted molar refractivity (Wildman–Crippen MR) is 92.9 cm³/mol. The zero-order valence-corrected chi connectivity index (χ0v) is 14.3. The molecule has 2 heterocycles. The number of rotatable bonds is 2. The number of carbonyl (C=O) groups is 1. The Morgan fingerprint density at radius 3 is 2.67 bits per heavy atom. The van der Waals surface area contributed by atoms with Crippen LogP contribution in [0.25, 0.3) is 10.1 Å². The summed E-state index contributed by atoms with van der Waals surface area (Å²) in [6.07, 6.45) is 2.79. The van der Waals surface area contributed by atoms with E-state index in [2.05, 4.69) is 4.90 Å². The molecule has 0 radical (unpaired) electrons.